The van der Waals surface area contributed by atoms with E-state index in [1.165, 1.54) is 6.07 Å². The smallest absolute Gasteiger partial charge is 0.174 e. The molecule has 0 spiro atoms. The molecule has 1 heterocycles. The van der Waals surface area contributed by atoms with Crippen molar-refractivity contribution in [1.82, 2.24) is 0 Å². The first-order valence-electron chi connectivity index (χ1n) is 8.88. The Labute approximate surface area is 161 Å². The highest BCUT2D eigenvalue weighted by molar-refractivity contribution is 6.05. The third kappa shape index (κ3) is 3.34. The molecule has 0 aliphatic heterocycles. The summed E-state index contributed by atoms with van der Waals surface area (Å²) in [7, 11) is 0. The molecule has 28 heavy (non-hydrogen) atoms. The maximum Gasteiger partial charge on any atom is 0.174 e. The number of aromatic carboxylic acids is 1. The molecule has 0 amide bonds. The summed E-state index contributed by atoms with van der Waals surface area (Å²) in [4.78, 5) is 23.5. The topological polar surface area (TPSA) is 79.6 Å². The molecule has 4 aromatic rings. The zero-order chi connectivity index (χ0) is 19.7. The van der Waals surface area contributed by atoms with Crippen molar-refractivity contribution in [1.29, 1.82) is 0 Å². The van der Waals surface area contributed by atoms with Crippen molar-refractivity contribution < 1.29 is 23.8 Å². The minimum absolute atomic E-state index is 0.100. The van der Waals surface area contributed by atoms with Crippen LogP contribution in [0.25, 0.3) is 21.9 Å². The highest BCUT2D eigenvalue weighted by Crippen LogP contribution is 2.31. The van der Waals surface area contributed by atoms with Crippen molar-refractivity contribution in [3.05, 3.63) is 77.4 Å². The molecule has 140 valence electrons. The van der Waals surface area contributed by atoms with Crippen molar-refractivity contribution in [2.45, 2.75) is 13.3 Å². The molecule has 0 N–H and O–H groups in total. The lowest BCUT2D eigenvalue weighted by molar-refractivity contribution is -0.255. The number of Topliss-reactive ketones (excluding diaryl/α,β-unsaturated/α-hetero) is 1. The lowest BCUT2D eigenvalue weighted by Gasteiger charge is -2.12. The molecule has 5 heteroatoms. The van der Waals surface area contributed by atoms with Crippen LogP contribution >= 0.6 is 0 Å². The molecule has 0 unspecified atom stereocenters. The Kier molecular flexibility index (Phi) is 4.57. The maximum atomic E-state index is 12.3. The van der Waals surface area contributed by atoms with Crippen LogP contribution in [0, 0.1) is 6.92 Å². The van der Waals surface area contributed by atoms with Gasteiger partial charge in [0.2, 0.25) is 0 Å². The zero-order valence-corrected chi connectivity index (χ0v) is 15.2. The first-order valence-corrected chi connectivity index (χ1v) is 8.88. The standard InChI is InChI=1S/C23H18O5/c1-14-15(5-4-7-18(14)23(25)26)11-16(24)13-27-17-9-10-22-20(12-17)19-6-2-3-8-21(19)28-22/h2-10,12H,11,13H2,1H3,(H,25,26)/p-1. The SMILES string of the molecule is Cc1c(CC(=O)COc2ccc3oc4ccccc4c3c2)cccc1C(=O)[O-]. The van der Waals surface area contributed by atoms with E-state index in [1.54, 1.807) is 25.1 Å². The number of hydrogen-bond acceptors (Lipinski definition) is 5. The van der Waals surface area contributed by atoms with Crippen LogP contribution in [0.4, 0.5) is 0 Å². The van der Waals surface area contributed by atoms with Crippen LogP contribution in [0.2, 0.25) is 0 Å². The third-order valence-corrected chi connectivity index (χ3v) is 4.80. The van der Waals surface area contributed by atoms with Crippen molar-refractivity contribution in [2.75, 3.05) is 6.61 Å². The fourth-order valence-electron chi connectivity index (χ4n) is 3.32. The number of carbonyl (C=O) groups is 2. The van der Waals surface area contributed by atoms with Gasteiger partial charge in [0.1, 0.15) is 23.5 Å². The van der Waals surface area contributed by atoms with E-state index in [9.17, 15) is 14.7 Å². The van der Waals surface area contributed by atoms with Gasteiger partial charge in [-0.3, -0.25) is 4.79 Å². The summed E-state index contributed by atoms with van der Waals surface area (Å²) in [6, 6.07) is 18.0. The number of carboxylic acids is 1. The predicted molar refractivity (Wildman–Crippen MR) is 103 cm³/mol. The van der Waals surface area contributed by atoms with Gasteiger partial charge in [-0.05, 0) is 42.3 Å². The second kappa shape index (κ2) is 7.19. The van der Waals surface area contributed by atoms with Crippen LogP contribution in [-0.2, 0) is 11.2 Å². The van der Waals surface area contributed by atoms with E-state index in [0.717, 1.165) is 21.9 Å². The molecule has 0 saturated carbocycles. The van der Waals surface area contributed by atoms with Gasteiger partial charge in [0.15, 0.2) is 5.78 Å². The van der Waals surface area contributed by atoms with Gasteiger partial charge in [-0.2, -0.15) is 0 Å². The number of ether oxygens (including phenoxy) is 1. The van der Waals surface area contributed by atoms with Gasteiger partial charge in [0, 0.05) is 22.8 Å². The molecule has 3 aromatic carbocycles. The Balaban J connectivity index is 1.49. The van der Waals surface area contributed by atoms with E-state index in [0.29, 0.717) is 16.9 Å². The summed E-state index contributed by atoms with van der Waals surface area (Å²) < 4.78 is 11.4. The number of rotatable bonds is 6. The summed E-state index contributed by atoms with van der Waals surface area (Å²) in [5, 5.41) is 13.0. The number of fused-ring (bicyclic) bond motifs is 3. The molecule has 0 radical (unpaired) electrons. The first-order chi connectivity index (χ1) is 13.5. The summed E-state index contributed by atoms with van der Waals surface area (Å²) >= 11 is 0. The Morgan fingerprint density at radius 1 is 0.964 bits per heavy atom. The monoisotopic (exact) mass is 373 g/mol. The van der Waals surface area contributed by atoms with E-state index in [2.05, 4.69) is 0 Å². The fraction of sp³-hybridized carbons (Fsp3) is 0.130. The maximum absolute atomic E-state index is 12.3. The summed E-state index contributed by atoms with van der Waals surface area (Å²) in [6.07, 6.45) is 0.101. The molecule has 1 aromatic heterocycles. The second-order valence-electron chi connectivity index (χ2n) is 6.64. The van der Waals surface area contributed by atoms with Crippen LogP contribution in [0.1, 0.15) is 21.5 Å². The van der Waals surface area contributed by atoms with Crippen LogP contribution in [-0.4, -0.2) is 18.4 Å². The number of carbonyl (C=O) groups excluding carboxylic acids is 2. The van der Waals surface area contributed by atoms with Crippen LogP contribution < -0.4 is 9.84 Å². The second-order valence-corrected chi connectivity index (χ2v) is 6.64. The minimum atomic E-state index is -1.25. The number of ketones is 1. The number of para-hydroxylation sites is 1. The molecule has 0 saturated heterocycles. The van der Waals surface area contributed by atoms with Gasteiger partial charge in [0.05, 0.1) is 5.97 Å². The average molecular weight is 373 g/mol. The van der Waals surface area contributed by atoms with Gasteiger partial charge in [-0.1, -0.05) is 36.4 Å². The highest BCUT2D eigenvalue weighted by Gasteiger charge is 2.12. The van der Waals surface area contributed by atoms with E-state index in [1.807, 2.05) is 36.4 Å². The van der Waals surface area contributed by atoms with Crippen LogP contribution in [0.3, 0.4) is 0 Å². The summed E-state index contributed by atoms with van der Waals surface area (Å²) in [6.45, 7) is 1.57. The van der Waals surface area contributed by atoms with Crippen LogP contribution in [0.15, 0.2) is 65.1 Å². The third-order valence-electron chi connectivity index (χ3n) is 4.80. The molecule has 0 atom stereocenters. The highest BCUT2D eigenvalue weighted by atomic mass is 16.5. The fourth-order valence-corrected chi connectivity index (χ4v) is 3.32. The quantitative estimate of drug-likeness (QED) is 0.517. The first kappa shape index (κ1) is 17.8. The van der Waals surface area contributed by atoms with Gasteiger partial charge in [0.25, 0.3) is 0 Å². The molecule has 5 nitrogen and oxygen atoms in total. The van der Waals surface area contributed by atoms with Gasteiger partial charge >= 0.3 is 0 Å². The molecule has 0 aliphatic carbocycles. The van der Waals surface area contributed by atoms with Crippen molar-refractivity contribution in [2.24, 2.45) is 0 Å². The number of hydrogen-bond donors (Lipinski definition) is 0. The van der Waals surface area contributed by atoms with Crippen LogP contribution in [0.5, 0.6) is 5.75 Å². The van der Waals surface area contributed by atoms with Crippen molar-refractivity contribution in [3.8, 4) is 5.75 Å². The Bertz CT molecular complexity index is 1200. The van der Waals surface area contributed by atoms with Crippen molar-refractivity contribution in [3.63, 3.8) is 0 Å². The molecule has 0 fully saturated rings. The zero-order valence-electron chi connectivity index (χ0n) is 15.2. The van der Waals surface area contributed by atoms with Gasteiger partial charge in [-0.15, -0.1) is 0 Å². The molecule has 0 aliphatic rings. The predicted octanol–water partition coefficient (Wildman–Crippen LogP) is 3.45. The lowest BCUT2D eigenvalue weighted by Crippen LogP contribution is -2.24. The Morgan fingerprint density at radius 2 is 1.75 bits per heavy atom. The minimum Gasteiger partial charge on any atom is -0.545 e. The van der Waals surface area contributed by atoms with Crippen molar-refractivity contribution >= 4 is 33.7 Å². The summed E-state index contributed by atoms with van der Waals surface area (Å²) in [5.41, 5.74) is 2.86. The Hall–Kier alpha value is -3.60. The van der Waals surface area contributed by atoms with Gasteiger partial charge in [-0.25, -0.2) is 0 Å². The van der Waals surface area contributed by atoms with E-state index >= 15 is 0 Å². The molecule has 0 bridgehead atoms. The van der Waals surface area contributed by atoms with E-state index < -0.39 is 5.97 Å². The number of carboxylic acid groups (broad SMARTS) is 1. The number of furan rings is 1. The molecular weight excluding hydrogens is 356 g/mol. The molecular formula is C23H17O5-. The largest absolute Gasteiger partial charge is 0.545 e. The normalized spacial score (nSPS) is 11.0. The molecule has 4 rings (SSSR count). The Morgan fingerprint density at radius 3 is 2.57 bits per heavy atom. The van der Waals surface area contributed by atoms with E-state index in [-0.39, 0.29) is 24.4 Å². The van der Waals surface area contributed by atoms with E-state index in [4.69, 9.17) is 9.15 Å². The summed E-state index contributed by atoms with van der Waals surface area (Å²) in [5.74, 6) is -0.813. The lowest BCUT2D eigenvalue weighted by atomic mass is 9.98. The van der Waals surface area contributed by atoms with Gasteiger partial charge < -0.3 is 19.1 Å². The number of benzene rings is 3. The average Bonchev–Trinajstić information content (AvgIpc) is 3.06.